The molecule has 0 saturated heterocycles. The highest BCUT2D eigenvalue weighted by Crippen LogP contribution is 1.90. The Kier molecular flexibility index (Phi) is 5.25. The highest BCUT2D eigenvalue weighted by atomic mass is 15.3. The van der Waals surface area contributed by atoms with Crippen molar-refractivity contribution in [3.8, 4) is 0 Å². The van der Waals surface area contributed by atoms with Crippen molar-refractivity contribution in [1.82, 2.24) is 5.43 Å². The van der Waals surface area contributed by atoms with Crippen LogP contribution in [0.4, 0.5) is 0 Å². The first-order chi connectivity index (χ1) is 6.06. The molecule has 0 saturated carbocycles. The van der Waals surface area contributed by atoms with Gasteiger partial charge < -0.3 is 16.9 Å². The van der Waals surface area contributed by atoms with Crippen molar-refractivity contribution in [2.75, 3.05) is 7.05 Å². The summed E-state index contributed by atoms with van der Waals surface area (Å²) < 4.78 is 0. The van der Waals surface area contributed by atoms with Gasteiger partial charge in [0, 0.05) is 24.9 Å². The fraction of sp³-hybridized carbons (Fsp3) is 0.571. The Hall–Kier alpha value is -1.59. The molecule has 0 aliphatic heterocycles. The average molecular weight is 184 g/mol. The summed E-state index contributed by atoms with van der Waals surface area (Å²) in [6.07, 6.45) is 0.650. The highest BCUT2D eigenvalue weighted by molar-refractivity contribution is 6.02. The van der Waals surface area contributed by atoms with Crippen molar-refractivity contribution in [2.45, 2.75) is 20.3 Å². The van der Waals surface area contributed by atoms with Gasteiger partial charge in [-0.2, -0.15) is 10.2 Å². The topological polar surface area (TPSA) is 101 Å². The Morgan fingerprint density at radius 3 is 2.23 bits per heavy atom. The lowest BCUT2D eigenvalue weighted by molar-refractivity contribution is 0.894. The SMILES string of the molecule is CNN=C(C)CC(C)=NN=C(N)N. The van der Waals surface area contributed by atoms with Gasteiger partial charge in [0.2, 0.25) is 5.96 Å². The minimum Gasteiger partial charge on any atom is -0.369 e. The van der Waals surface area contributed by atoms with Gasteiger partial charge in [0.05, 0.1) is 0 Å². The van der Waals surface area contributed by atoms with Crippen molar-refractivity contribution in [3.05, 3.63) is 0 Å². The number of hydrogen-bond donors (Lipinski definition) is 3. The molecule has 6 nitrogen and oxygen atoms in total. The van der Waals surface area contributed by atoms with Crippen molar-refractivity contribution >= 4 is 17.4 Å². The van der Waals surface area contributed by atoms with Crippen LogP contribution in [0.15, 0.2) is 15.3 Å². The summed E-state index contributed by atoms with van der Waals surface area (Å²) in [4.78, 5) is 0. The molecule has 0 spiro atoms. The quantitative estimate of drug-likeness (QED) is 0.315. The first-order valence-electron chi connectivity index (χ1n) is 3.88. The highest BCUT2D eigenvalue weighted by Gasteiger charge is 1.94. The molecule has 0 bridgehead atoms. The molecule has 5 N–H and O–H groups in total. The normalized spacial score (nSPS) is 12.5. The smallest absolute Gasteiger partial charge is 0.211 e. The summed E-state index contributed by atoms with van der Waals surface area (Å²) in [5, 5.41) is 11.3. The molecule has 0 rings (SSSR count). The number of nitrogens with one attached hydrogen (secondary N) is 1. The molecule has 0 atom stereocenters. The van der Waals surface area contributed by atoms with Crippen LogP contribution >= 0.6 is 0 Å². The van der Waals surface area contributed by atoms with Crippen LogP contribution in [0.1, 0.15) is 20.3 Å². The van der Waals surface area contributed by atoms with Gasteiger partial charge >= 0.3 is 0 Å². The lowest BCUT2D eigenvalue weighted by atomic mass is 10.2. The molecular weight excluding hydrogens is 168 g/mol. The first kappa shape index (κ1) is 11.4. The Morgan fingerprint density at radius 2 is 1.77 bits per heavy atom. The summed E-state index contributed by atoms with van der Waals surface area (Å²) in [6, 6.07) is 0. The summed E-state index contributed by atoms with van der Waals surface area (Å²) in [6.45, 7) is 3.73. The first-order valence-corrected chi connectivity index (χ1v) is 3.88. The molecule has 0 aliphatic rings. The van der Waals surface area contributed by atoms with Crippen LogP contribution < -0.4 is 16.9 Å². The van der Waals surface area contributed by atoms with Gasteiger partial charge in [-0.15, -0.1) is 5.10 Å². The molecule has 0 unspecified atom stereocenters. The van der Waals surface area contributed by atoms with Crippen LogP contribution in [0, 0.1) is 0 Å². The molecule has 0 aromatic heterocycles. The largest absolute Gasteiger partial charge is 0.369 e. The summed E-state index contributed by atoms with van der Waals surface area (Å²) in [5.41, 5.74) is 14.6. The van der Waals surface area contributed by atoms with E-state index in [9.17, 15) is 0 Å². The Labute approximate surface area is 77.8 Å². The van der Waals surface area contributed by atoms with Gasteiger partial charge in [-0.3, -0.25) is 0 Å². The Morgan fingerprint density at radius 1 is 1.15 bits per heavy atom. The number of nitrogens with two attached hydrogens (primary N) is 2. The number of hydrazone groups is 1. The second-order valence-corrected chi connectivity index (χ2v) is 2.61. The molecule has 0 amide bonds. The van der Waals surface area contributed by atoms with Crippen LogP contribution in [0.3, 0.4) is 0 Å². The second-order valence-electron chi connectivity index (χ2n) is 2.61. The lowest BCUT2D eigenvalue weighted by Gasteiger charge is -1.97. The third-order valence-electron chi connectivity index (χ3n) is 1.15. The van der Waals surface area contributed by atoms with Crippen molar-refractivity contribution in [2.24, 2.45) is 26.8 Å². The maximum atomic E-state index is 5.11. The standard InChI is InChI=1S/C7H16N6/c1-5(11-10-3)4-6(2)12-13-7(8)9/h10H,4H2,1-3H3,(H4,8,9,13). The molecule has 74 valence electrons. The van der Waals surface area contributed by atoms with Crippen molar-refractivity contribution < 1.29 is 0 Å². The zero-order valence-corrected chi connectivity index (χ0v) is 8.20. The van der Waals surface area contributed by atoms with Gasteiger partial charge in [-0.05, 0) is 13.8 Å². The van der Waals surface area contributed by atoms with Gasteiger partial charge in [-0.25, -0.2) is 0 Å². The number of nitrogens with zero attached hydrogens (tertiary/aromatic N) is 3. The van der Waals surface area contributed by atoms with Crippen LogP contribution in [-0.2, 0) is 0 Å². The average Bonchev–Trinajstić information content (AvgIpc) is 2.01. The van der Waals surface area contributed by atoms with Crippen molar-refractivity contribution in [3.63, 3.8) is 0 Å². The third-order valence-corrected chi connectivity index (χ3v) is 1.15. The predicted molar refractivity (Wildman–Crippen MR) is 55.7 cm³/mol. The minimum atomic E-state index is -0.0393. The molecule has 6 heteroatoms. The van der Waals surface area contributed by atoms with Crippen molar-refractivity contribution in [1.29, 1.82) is 0 Å². The monoisotopic (exact) mass is 184 g/mol. The van der Waals surface area contributed by atoms with Gasteiger partial charge in [0.25, 0.3) is 0 Å². The van der Waals surface area contributed by atoms with Gasteiger partial charge in [0.15, 0.2) is 0 Å². The fourth-order valence-corrected chi connectivity index (χ4v) is 0.779. The summed E-state index contributed by atoms with van der Waals surface area (Å²) >= 11 is 0. The van der Waals surface area contributed by atoms with E-state index < -0.39 is 0 Å². The van der Waals surface area contributed by atoms with Crippen LogP contribution in [0.2, 0.25) is 0 Å². The predicted octanol–water partition coefficient (Wildman–Crippen LogP) is -0.379. The van der Waals surface area contributed by atoms with Crippen LogP contribution in [-0.4, -0.2) is 24.4 Å². The molecule has 0 aliphatic carbocycles. The van der Waals surface area contributed by atoms with Crippen LogP contribution in [0.5, 0.6) is 0 Å². The minimum absolute atomic E-state index is 0.0393. The Balaban J connectivity index is 4.14. The van der Waals surface area contributed by atoms with E-state index in [1.807, 2.05) is 13.8 Å². The summed E-state index contributed by atoms with van der Waals surface area (Å²) in [5.74, 6) is -0.0393. The van der Waals surface area contributed by atoms with E-state index in [0.717, 1.165) is 11.4 Å². The van der Waals surface area contributed by atoms with E-state index in [1.54, 1.807) is 7.05 Å². The molecule has 0 aromatic carbocycles. The number of guanidine groups is 1. The van der Waals surface area contributed by atoms with E-state index in [2.05, 4.69) is 20.7 Å². The van der Waals surface area contributed by atoms with E-state index in [0.29, 0.717) is 6.42 Å². The second kappa shape index (κ2) is 5.99. The molecule has 0 heterocycles. The number of hydrogen-bond acceptors (Lipinski definition) is 4. The molecule has 13 heavy (non-hydrogen) atoms. The van der Waals surface area contributed by atoms with Gasteiger partial charge in [0.1, 0.15) is 0 Å². The molecule has 0 fully saturated rings. The van der Waals surface area contributed by atoms with E-state index in [4.69, 9.17) is 11.5 Å². The lowest BCUT2D eigenvalue weighted by Crippen LogP contribution is -2.22. The molecule has 0 aromatic rings. The zero-order valence-electron chi connectivity index (χ0n) is 8.20. The van der Waals surface area contributed by atoms with E-state index in [1.165, 1.54) is 0 Å². The number of rotatable bonds is 4. The van der Waals surface area contributed by atoms with E-state index >= 15 is 0 Å². The van der Waals surface area contributed by atoms with Gasteiger partial charge in [-0.1, -0.05) is 0 Å². The molecular formula is C7H16N6. The zero-order chi connectivity index (χ0) is 10.3. The third kappa shape index (κ3) is 6.79. The van der Waals surface area contributed by atoms with Crippen LogP contribution in [0.25, 0.3) is 0 Å². The summed E-state index contributed by atoms with van der Waals surface area (Å²) in [7, 11) is 1.74. The Bertz CT molecular complexity index is 235. The maximum Gasteiger partial charge on any atom is 0.211 e. The molecule has 0 radical (unpaired) electrons. The maximum absolute atomic E-state index is 5.11. The fourth-order valence-electron chi connectivity index (χ4n) is 0.779. The van der Waals surface area contributed by atoms with E-state index in [-0.39, 0.29) is 5.96 Å².